The van der Waals surface area contributed by atoms with Crippen molar-refractivity contribution in [2.24, 2.45) is 0 Å². The number of allylic oxidation sites excluding steroid dienone is 3. The maximum atomic E-state index is 10.9. The van der Waals surface area contributed by atoms with Gasteiger partial charge < -0.3 is 9.84 Å². The molecule has 0 aromatic rings. The normalized spacial score (nSPS) is 13.0. The van der Waals surface area contributed by atoms with Crippen molar-refractivity contribution in [2.45, 2.75) is 83.7 Å². The zero-order valence-electron chi connectivity index (χ0n) is 14.4. The number of aliphatic hydroxyl groups is 1. The van der Waals surface area contributed by atoms with Crippen molar-refractivity contribution in [2.75, 3.05) is 7.11 Å². The van der Waals surface area contributed by atoms with Gasteiger partial charge in [0.05, 0.1) is 13.2 Å². The first-order valence-corrected chi connectivity index (χ1v) is 8.79. The Hall–Kier alpha value is -1.09. The minimum absolute atomic E-state index is 0.105. The molecule has 0 aromatic carbocycles. The van der Waals surface area contributed by atoms with Gasteiger partial charge in [-0.2, -0.15) is 0 Å². The van der Waals surface area contributed by atoms with Gasteiger partial charge in [0.15, 0.2) is 0 Å². The van der Waals surface area contributed by atoms with Crippen LogP contribution in [0.3, 0.4) is 0 Å². The van der Waals surface area contributed by atoms with E-state index in [1.54, 1.807) is 0 Å². The molecule has 0 rings (SSSR count). The van der Waals surface area contributed by atoms with Crippen LogP contribution in [0.25, 0.3) is 0 Å². The summed E-state index contributed by atoms with van der Waals surface area (Å²) in [6, 6.07) is 0. The van der Waals surface area contributed by atoms with Crippen LogP contribution in [0.1, 0.15) is 77.6 Å². The number of unbranched alkanes of at least 4 members (excludes halogenated alkanes) is 7. The average Bonchev–Trinajstić information content (AvgIpc) is 2.52. The number of carbonyl (C=O) groups excluding carboxylic acids is 1. The Morgan fingerprint density at radius 2 is 1.77 bits per heavy atom. The predicted octanol–water partition coefficient (Wildman–Crippen LogP) is 4.94. The fourth-order valence-electron chi connectivity index (χ4n) is 2.23. The lowest BCUT2D eigenvalue weighted by Crippen LogP contribution is -2.00. The van der Waals surface area contributed by atoms with Gasteiger partial charge in [0.1, 0.15) is 0 Å². The molecule has 0 bridgehead atoms. The molecule has 0 aliphatic heterocycles. The lowest BCUT2D eigenvalue weighted by molar-refractivity contribution is -0.140. The number of rotatable bonds is 14. The van der Waals surface area contributed by atoms with Crippen molar-refractivity contribution in [1.29, 1.82) is 0 Å². The number of carbonyl (C=O) groups is 1. The molecule has 22 heavy (non-hydrogen) atoms. The van der Waals surface area contributed by atoms with Crippen molar-refractivity contribution < 1.29 is 14.6 Å². The van der Waals surface area contributed by atoms with Crippen molar-refractivity contribution >= 4 is 5.97 Å². The van der Waals surface area contributed by atoms with Gasteiger partial charge >= 0.3 is 5.97 Å². The first-order valence-electron chi connectivity index (χ1n) is 8.79. The third-order valence-corrected chi connectivity index (χ3v) is 3.66. The van der Waals surface area contributed by atoms with E-state index in [0.29, 0.717) is 6.42 Å². The topological polar surface area (TPSA) is 46.5 Å². The lowest BCUT2D eigenvalue weighted by atomic mass is 10.1. The minimum atomic E-state index is -0.300. The largest absolute Gasteiger partial charge is 0.469 e. The van der Waals surface area contributed by atoms with E-state index in [2.05, 4.69) is 17.7 Å². The summed E-state index contributed by atoms with van der Waals surface area (Å²) in [6.07, 6.45) is 19.3. The molecule has 1 atom stereocenters. The summed E-state index contributed by atoms with van der Waals surface area (Å²) in [6.45, 7) is 2.17. The molecule has 0 fully saturated rings. The third kappa shape index (κ3) is 15.3. The van der Waals surface area contributed by atoms with Crippen LogP contribution >= 0.6 is 0 Å². The van der Waals surface area contributed by atoms with Crippen LogP contribution < -0.4 is 0 Å². The highest BCUT2D eigenvalue weighted by atomic mass is 16.5. The summed E-state index contributed by atoms with van der Waals surface area (Å²) >= 11 is 0. The molecule has 0 aliphatic carbocycles. The Morgan fingerprint density at radius 3 is 2.50 bits per heavy atom. The van der Waals surface area contributed by atoms with E-state index >= 15 is 0 Å². The third-order valence-electron chi connectivity index (χ3n) is 3.66. The zero-order chi connectivity index (χ0) is 16.5. The van der Waals surface area contributed by atoms with Crippen LogP contribution in [0.5, 0.6) is 0 Å². The summed E-state index contributed by atoms with van der Waals surface area (Å²) in [4.78, 5) is 10.9. The monoisotopic (exact) mass is 310 g/mol. The van der Waals surface area contributed by atoms with Gasteiger partial charge in [-0.15, -0.1) is 0 Å². The second-order valence-corrected chi connectivity index (χ2v) is 5.76. The maximum Gasteiger partial charge on any atom is 0.305 e. The number of methoxy groups -OCH3 is 1. The van der Waals surface area contributed by atoms with Crippen molar-refractivity contribution in [1.82, 2.24) is 0 Å². The Morgan fingerprint density at radius 1 is 1.05 bits per heavy atom. The van der Waals surface area contributed by atoms with E-state index in [1.807, 2.05) is 18.2 Å². The average molecular weight is 310 g/mol. The molecule has 0 saturated heterocycles. The second-order valence-electron chi connectivity index (χ2n) is 5.76. The van der Waals surface area contributed by atoms with Crippen LogP contribution in [-0.4, -0.2) is 24.3 Å². The molecule has 0 amide bonds. The molecule has 0 saturated carbocycles. The zero-order valence-corrected chi connectivity index (χ0v) is 14.4. The summed E-state index contributed by atoms with van der Waals surface area (Å²) in [7, 11) is 1.44. The molecule has 0 aromatic heterocycles. The van der Waals surface area contributed by atoms with Crippen LogP contribution in [0.15, 0.2) is 24.3 Å². The van der Waals surface area contributed by atoms with Gasteiger partial charge in [-0.05, 0) is 25.7 Å². The van der Waals surface area contributed by atoms with E-state index < -0.39 is 0 Å². The van der Waals surface area contributed by atoms with Crippen LogP contribution in [0.2, 0.25) is 0 Å². The number of hydrogen-bond donors (Lipinski definition) is 1. The molecule has 3 nitrogen and oxygen atoms in total. The molecular weight excluding hydrogens is 276 g/mol. The number of hydrogen-bond acceptors (Lipinski definition) is 3. The first-order chi connectivity index (χ1) is 10.7. The van der Waals surface area contributed by atoms with Crippen molar-refractivity contribution in [3.05, 3.63) is 24.3 Å². The van der Waals surface area contributed by atoms with Gasteiger partial charge in [-0.3, -0.25) is 4.79 Å². The second kappa shape index (κ2) is 16.3. The fourth-order valence-corrected chi connectivity index (χ4v) is 2.23. The summed E-state index contributed by atoms with van der Waals surface area (Å²) in [5.74, 6) is -0.105. The Bertz CT molecular complexity index is 308. The summed E-state index contributed by atoms with van der Waals surface area (Å²) in [5.41, 5.74) is 0. The Labute approximate surface area is 136 Å². The molecule has 0 spiro atoms. The van der Waals surface area contributed by atoms with Crippen molar-refractivity contribution in [3.8, 4) is 0 Å². The number of ether oxygens (including phenoxy) is 1. The predicted molar refractivity (Wildman–Crippen MR) is 92.8 cm³/mol. The van der Waals surface area contributed by atoms with E-state index in [9.17, 15) is 9.90 Å². The van der Waals surface area contributed by atoms with Gasteiger partial charge in [0.25, 0.3) is 0 Å². The van der Waals surface area contributed by atoms with Crippen LogP contribution in [-0.2, 0) is 9.53 Å². The lowest BCUT2D eigenvalue weighted by Gasteiger charge is -2.03. The van der Waals surface area contributed by atoms with Crippen LogP contribution in [0, 0.1) is 0 Å². The fraction of sp³-hybridized carbons (Fsp3) is 0.737. The highest BCUT2D eigenvalue weighted by Gasteiger charge is 1.98. The molecule has 1 N–H and O–H groups in total. The first kappa shape index (κ1) is 20.9. The van der Waals surface area contributed by atoms with Crippen LogP contribution in [0.4, 0.5) is 0 Å². The standard InChI is InChI=1S/C19H34O3/c1-3-4-12-15-18(20)16-13-10-8-6-5-7-9-11-14-17-19(21)22-2/h8,10,13,16,18,20H,3-7,9,11-12,14-15,17H2,1-2H3. The minimum Gasteiger partial charge on any atom is -0.469 e. The Kier molecular flexibility index (Phi) is 15.5. The summed E-state index contributed by atoms with van der Waals surface area (Å²) < 4.78 is 4.60. The van der Waals surface area contributed by atoms with E-state index in [-0.39, 0.29) is 12.1 Å². The van der Waals surface area contributed by atoms with E-state index in [4.69, 9.17) is 0 Å². The SMILES string of the molecule is CCCCCC(O)C=CC=CCCCCCCCC(=O)OC. The van der Waals surface area contributed by atoms with Gasteiger partial charge in [-0.1, -0.05) is 69.8 Å². The Balaban J connectivity index is 3.38. The molecule has 0 radical (unpaired) electrons. The quantitative estimate of drug-likeness (QED) is 0.281. The van der Waals surface area contributed by atoms with Gasteiger partial charge in [-0.25, -0.2) is 0 Å². The summed E-state index contributed by atoms with van der Waals surface area (Å²) in [5, 5.41) is 9.70. The van der Waals surface area contributed by atoms with E-state index in [1.165, 1.54) is 39.2 Å². The molecule has 0 aliphatic rings. The smallest absolute Gasteiger partial charge is 0.305 e. The maximum absolute atomic E-state index is 10.9. The van der Waals surface area contributed by atoms with Gasteiger partial charge in [0.2, 0.25) is 0 Å². The number of aliphatic hydroxyl groups excluding tert-OH is 1. The molecular formula is C19H34O3. The molecule has 0 heterocycles. The molecule has 3 heteroatoms. The number of esters is 1. The van der Waals surface area contributed by atoms with E-state index in [0.717, 1.165) is 32.1 Å². The highest BCUT2D eigenvalue weighted by Crippen LogP contribution is 2.08. The molecule has 1 unspecified atom stereocenters. The van der Waals surface area contributed by atoms with Crippen molar-refractivity contribution in [3.63, 3.8) is 0 Å². The highest BCUT2D eigenvalue weighted by molar-refractivity contribution is 5.68. The van der Waals surface area contributed by atoms with Gasteiger partial charge in [0, 0.05) is 6.42 Å². The molecule has 128 valence electrons.